The topological polar surface area (TPSA) is 61.6 Å². The standard InChI is InChI=1S/C27H33FN4O2/c1-6-30(4)26-24(27(34)31(5)16-9-17-33)32(18-20-12-14-21(28)15-13-20)25(29-26)23-11-8-7-10-22(23)19(2)3/h6-8,10-15,19,33H,1,9,16-18H2,2-5H3. The van der Waals surface area contributed by atoms with Crippen LogP contribution in [0.2, 0.25) is 0 Å². The van der Waals surface area contributed by atoms with Gasteiger partial charge in [0.15, 0.2) is 11.5 Å². The van der Waals surface area contributed by atoms with E-state index >= 15 is 0 Å². The summed E-state index contributed by atoms with van der Waals surface area (Å²) in [5.74, 6) is 0.883. The molecule has 1 N–H and O–H groups in total. The molecule has 3 rings (SSSR count). The second kappa shape index (κ2) is 11.1. The Balaban J connectivity index is 2.28. The predicted molar refractivity (Wildman–Crippen MR) is 135 cm³/mol. The molecule has 0 spiro atoms. The number of hydrogen-bond donors (Lipinski definition) is 1. The molecule has 0 bridgehead atoms. The normalized spacial score (nSPS) is 11.0. The molecule has 34 heavy (non-hydrogen) atoms. The molecule has 0 unspecified atom stereocenters. The van der Waals surface area contributed by atoms with E-state index in [1.807, 2.05) is 22.8 Å². The summed E-state index contributed by atoms with van der Waals surface area (Å²) >= 11 is 0. The number of amides is 1. The third-order valence-electron chi connectivity index (χ3n) is 5.84. The van der Waals surface area contributed by atoms with Gasteiger partial charge in [-0.1, -0.05) is 56.8 Å². The van der Waals surface area contributed by atoms with Gasteiger partial charge in [-0.15, -0.1) is 0 Å². The van der Waals surface area contributed by atoms with Gasteiger partial charge in [-0.25, -0.2) is 9.37 Å². The van der Waals surface area contributed by atoms with E-state index in [2.05, 4.69) is 26.5 Å². The van der Waals surface area contributed by atoms with Crippen molar-refractivity contribution in [3.8, 4) is 11.4 Å². The maximum absolute atomic E-state index is 13.7. The van der Waals surface area contributed by atoms with Gasteiger partial charge in [-0.05, 0) is 41.8 Å². The summed E-state index contributed by atoms with van der Waals surface area (Å²) in [6.45, 7) is 8.86. The summed E-state index contributed by atoms with van der Waals surface area (Å²) in [5.41, 5.74) is 3.33. The van der Waals surface area contributed by atoms with Crippen molar-refractivity contribution < 1.29 is 14.3 Å². The number of carbonyl (C=O) groups is 1. The van der Waals surface area contributed by atoms with Crippen LogP contribution in [-0.2, 0) is 6.54 Å². The molecule has 7 heteroatoms. The lowest BCUT2D eigenvalue weighted by Gasteiger charge is -2.21. The van der Waals surface area contributed by atoms with Crippen molar-refractivity contribution >= 4 is 11.7 Å². The molecule has 1 heterocycles. The first-order valence-corrected chi connectivity index (χ1v) is 11.4. The lowest BCUT2D eigenvalue weighted by molar-refractivity contribution is 0.0777. The molecule has 0 fully saturated rings. The SMILES string of the molecule is C=CN(C)c1nc(-c2ccccc2C(C)C)n(Cc2ccc(F)cc2)c1C(=O)N(C)CCCO. The lowest BCUT2D eigenvalue weighted by Crippen LogP contribution is -2.31. The molecule has 0 aliphatic rings. The number of anilines is 1. The third-order valence-corrected chi connectivity index (χ3v) is 5.84. The van der Waals surface area contributed by atoms with Gasteiger partial charge in [-0.2, -0.15) is 0 Å². The Morgan fingerprint density at radius 1 is 1.18 bits per heavy atom. The number of carbonyl (C=O) groups excluding carboxylic acids is 1. The third kappa shape index (κ3) is 5.37. The van der Waals surface area contributed by atoms with Gasteiger partial charge >= 0.3 is 0 Å². The summed E-state index contributed by atoms with van der Waals surface area (Å²) in [4.78, 5) is 21.9. The maximum atomic E-state index is 13.7. The second-order valence-corrected chi connectivity index (χ2v) is 8.66. The predicted octanol–water partition coefficient (Wildman–Crippen LogP) is 4.90. The molecule has 6 nitrogen and oxygen atoms in total. The first kappa shape index (κ1) is 25.2. The molecule has 3 aromatic rings. The quantitative estimate of drug-likeness (QED) is 0.464. The zero-order valence-corrected chi connectivity index (χ0v) is 20.3. The van der Waals surface area contributed by atoms with E-state index in [0.29, 0.717) is 36.8 Å². The highest BCUT2D eigenvalue weighted by Gasteiger charge is 2.28. The molecular formula is C27H33FN4O2. The zero-order valence-electron chi connectivity index (χ0n) is 20.3. The number of benzene rings is 2. The summed E-state index contributed by atoms with van der Waals surface area (Å²) in [7, 11) is 3.52. The van der Waals surface area contributed by atoms with Crippen LogP contribution in [0, 0.1) is 5.82 Å². The lowest BCUT2D eigenvalue weighted by atomic mass is 9.97. The Bertz CT molecular complexity index is 1140. The fraction of sp³-hybridized carbons (Fsp3) is 0.333. The maximum Gasteiger partial charge on any atom is 0.274 e. The van der Waals surface area contributed by atoms with Crippen LogP contribution in [0.4, 0.5) is 10.2 Å². The van der Waals surface area contributed by atoms with Gasteiger partial charge in [0.05, 0.1) is 0 Å². The van der Waals surface area contributed by atoms with Crippen LogP contribution in [-0.4, -0.2) is 52.7 Å². The molecule has 2 aromatic carbocycles. The van der Waals surface area contributed by atoms with Crippen LogP contribution < -0.4 is 4.90 Å². The molecule has 0 atom stereocenters. The van der Waals surface area contributed by atoms with Crippen molar-refractivity contribution in [2.45, 2.75) is 32.7 Å². The van der Waals surface area contributed by atoms with Crippen LogP contribution >= 0.6 is 0 Å². The summed E-state index contributed by atoms with van der Waals surface area (Å²) in [6, 6.07) is 14.3. The minimum absolute atomic E-state index is 0.00110. The van der Waals surface area contributed by atoms with Crippen molar-refractivity contribution in [2.24, 2.45) is 0 Å². The molecular weight excluding hydrogens is 431 g/mol. The molecule has 0 saturated carbocycles. The summed E-state index contributed by atoms with van der Waals surface area (Å²) < 4.78 is 15.5. The number of aromatic nitrogens is 2. The van der Waals surface area contributed by atoms with Crippen LogP contribution in [0.5, 0.6) is 0 Å². The van der Waals surface area contributed by atoms with Crippen LogP contribution in [0.3, 0.4) is 0 Å². The highest BCUT2D eigenvalue weighted by molar-refractivity contribution is 5.98. The van der Waals surface area contributed by atoms with E-state index in [-0.39, 0.29) is 24.2 Å². The summed E-state index contributed by atoms with van der Waals surface area (Å²) in [6.07, 6.45) is 2.09. The van der Waals surface area contributed by atoms with Gasteiger partial charge in [0.1, 0.15) is 11.6 Å². The van der Waals surface area contributed by atoms with Crippen LogP contribution in [0.15, 0.2) is 61.3 Å². The smallest absolute Gasteiger partial charge is 0.274 e. The number of aliphatic hydroxyl groups excluding tert-OH is 1. The fourth-order valence-electron chi connectivity index (χ4n) is 3.91. The van der Waals surface area contributed by atoms with Gasteiger partial charge in [0.2, 0.25) is 0 Å². The summed E-state index contributed by atoms with van der Waals surface area (Å²) in [5, 5.41) is 9.25. The van der Waals surface area contributed by atoms with Gasteiger partial charge in [-0.3, -0.25) is 4.79 Å². The van der Waals surface area contributed by atoms with E-state index in [1.165, 1.54) is 12.1 Å². The number of rotatable bonds is 10. The van der Waals surface area contributed by atoms with Crippen molar-refractivity contribution in [3.63, 3.8) is 0 Å². The Kier molecular flexibility index (Phi) is 8.23. The molecule has 1 amide bonds. The largest absolute Gasteiger partial charge is 0.396 e. The number of hydrogen-bond acceptors (Lipinski definition) is 4. The van der Waals surface area contributed by atoms with Crippen molar-refractivity contribution in [1.82, 2.24) is 14.5 Å². The first-order chi connectivity index (χ1) is 16.3. The van der Waals surface area contributed by atoms with E-state index in [9.17, 15) is 14.3 Å². The average Bonchev–Trinajstić information content (AvgIpc) is 3.21. The number of imidazole rings is 1. The first-order valence-electron chi connectivity index (χ1n) is 11.4. The van der Waals surface area contributed by atoms with Crippen molar-refractivity contribution in [2.75, 3.05) is 32.1 Å². The molecule has 180 valence electrons. The molecule has 0 radical (unpaired) electrons. The van der Waals surface area contributed by atoms with Crippen LogP contribution in [0.1, 0.15) is 47.8 Å². The highest BCUT2D eigenvalue weighted by atomic mass is 19.1. The van der Waals surface area contributed by atoms with E-state index in [0.717, 1.165) is 16.7 Å². The minimum atomic E-state index is -0.313. The number of nitrogens with zero attached hydrogens (tertiary/aromatic N) is 4. The Labute approximate surface area is 201 Å². The molecule has 0 aliphatic heterocycles. The van der Waals surface area contributed by atoms with E-state index in [4.69, 9.17) is 4.98 Å². The Morgan fingerprint density at radius 2 is 1.85 bits per heavy atom. The average molecular weight is 465 g/mol. The van der Waals surface area contributed by atoms with Crippen molar-refractivity contribution in [1.29, 1.82) is 0 Å². The van der Waals surface area contributed by atoms with E-state index in [1.54, 1.807) is 42.2 Å². The molecule has 0 saturated heterocycles. The Hall–Kier alpha value is -3.45. The van der Waals surface area contributed by atoms with Gasteiger partial charge < -0.3 is 19.5 Å². The van der Waals surface area contributed by atoms with E-state index < -0.39 is 0 Å². The monoisotopic (exact) mass is 464 g/mol. The highest BCUT2D eigenvalue weighted by Crippen LogP contribution is 2.34. The van der Waals surface area contributed by atoms with Crippen molar-refractivity contribution in [3.05, 3.63) is 83.9 Å². The van der Waals surface area contributed by atoms with Gasteiger partial charge in [0, 0.05) is 39.4 Å². The molecule has 0 aliphatic carbocycles. The molecule has 1 aromatic heterocycles. The minimum Gasteiger partial charge on any atom is -0.396 e. The second-order valence-electron chi connectivity index (χ2n) is 8.66. The Morgan fingerprint density at radius 3 is 2.47 bits per heavy atom. The number of aliphatic hydroxyl groups is 1. The number of halogens is 1. The fourth-order valence-corrected chi connectivity index (χ4v) is 3.91. The van der Waals surface area contributed by atoms with Gasteiger partial charge in [0.25, 0.3) is 5.91 Å². The zero-order chi connectivity index (χ0) is 24.8. The van der Waals surface area contributed by atoms with Crippen LogP contribution in [0.25, 0.3) is 11.4 Å².